The molecule has 1 aromatic heterocycles. The molecule has 1 unspecified atom stereocenters. The summed E-state index contributed by atoms with van der Waals surface area (Å²) in [6, 6.07) is 89.1. The van der Waals surface area contributed by atoms with Gasteiger partial charge in [-0.1, -0.05) is 236 Å². The maximum atomic E-state index is 4.15. The maximum absolute atomic E-state index is 4.15. The Labute approximate surface area is 473 Å². The minimum atomic E-state index is -0.712. The second kappa shape index (κ2) is 20.9. The van der Waals surface area contributed by atoms with E-state index >= 15 is 0 Å². The molecule has 1 heterocycles. The van der Waals surface area contributed by atoms with Gasteiger partial charge in [0.15, 0.2) is 0 Å². The molecule has 11 aromatic rings. The smallest absolute Gasteiger partial charge is 0.0465 e. The zero-order valence-electron chi connectivity index (χ0n) is 45.9. The minimum absolute atomic E-state index is 0.168. The summed E-state index contributed by atoms with van der Waals surface area (Å²) in [7, 11) is -0.712. The van der Waals surface area contributed by atoms with E-state index in [0.29, 0.717) is 0 Å². The van der Waals surface area contributed by atoms with Crippen LogP contribution in [0.4, 0.5) is 34.1 Å². The highest BCUT2D eigenvalue weighted by Gasteiger charge is 2.37. The molecule has 0 spiro atoms. The van der Waals surface area contributed by atoms with Crippen LogP contribution in [0.3, 0.4) is 0 Å². The molecule has 13 rings (SSSR count). The molecule has 0 aliphatic heterocycles. The Bertz CT molecular complexity index is 4170. The predicted octanol–water partition coefficient (Wildman–Crippen LogP) is 22.0. The Balaban J connectivity index is 0.798. The summed E-state index contributed by atoms with van der Waals surface area (Å²) in [6.07, 6.45) is 16.5. The van der Waals surface area contributed by atoms with Crippen LogP contribution in [0.15, 0.2) is 285 Å². The van der Waals surface area contributed by atoms with E-state index in [4.69, 9.17) is 0 Å². The Morgan fingerprint density at radius 2 is 0.863 bits per heavy atom. The van der Waals surface area contributed by atoms with E-state index in [0.717, 1.165) is 46.1 Å². The largest absolute Gasteiger partial charge is 0.310 e. The van der Waals surface area contributed by atoms with Crippen molar-refractivity contribution in [1.82, 2.24) is 0 Å². The molecule has 0 saturated heterocycles. The van der Waals surface area contributed by atoms with Crippen LogP contribution < -0.4 is 9.80 Å². The number of fused-ring (bicyclic) bond motifs is 7. The summed E-state index contributed by atoms with van der Waals surface area (Å²) in [6.45, 7) is 13.7. The van der Waals surface area contributed by atoms with Crippen molar-refractivity contribution in [3.8, 4) is 16.4 Å². The number of hydrogen-bond acceptors (Lipinski definition) is 2. The number of anilines is 6. The number of hydrogen-bond donors (Lipinski definition) is 0. The molecule has 2 aliphatic rings. The van der Waals surface area contributed by atoms with Crippen molar-refractivity contribution < 1.29 is 0 Å². The Morgan fingerprint density at radius 3 is 1.39 bits per heavy atom. The number of rotatable bonds is 13. The van der Waals surface area contributed by atoms with Crippen LogP contribution in [0.2, 0.25) is 0 Å². The van der Waals surface area contributed by atoms with Crippen LogP contribution in [0.25, 0.3) is 55.7 Å². The SMILES string of the molecule is C=C/C=C(/C=C/c1ccc2c(c1)c1cc(/C=C/c3ccc4c(c3)C(C)(C)c3cc(N(c5ccccc5)c5ccccc5)ccc3-4)ccc1p2-c1ccccc1)\C=C1/Cc2ccc(N(c3ccccc3)c3ccccc3)cc2C1(C)C. The second-order valence-electron chi connectivity index (χ2n) is 22.3. The highest BCUT2D eigenvalue weighted by molar-refractivity contribution is 7.67. The van der Waals surface area contributed by atoms with Gasteiger partial charge >= 0.3 is 0 Å². The molecule has 10 aromatic carbocycles. The second-order valence-corrected chi connectivity index (χ2v) is 24.4. The van der Waals surface area contributed by atoms with Gasteiger partial charge in [-0.2, -0.15) is 0 Å². The fraction of sp³-hybridized carbons (Fsp3) is 0.0909. The van der Waals surface area contributed by atoms with Gasteiger partial charge in [-0.3, -0.25) is 0 Å². The van der Waals surface area contributed by atoms with E-state index in [1.54, 1.807) is 0 Å². The van der Waals surface area contributed by atoms with E-state index in [1.807, 2.05) is 6.08 Å². The fourth-order valence-electron chi connectivity index (χ4n) is 12.5. The van der Waals surface area contributed by atoms with Crippen molar-refractivity contribution in [1.29, 1.82) is 0 Å². The van der Waals surface area contributed by atoms with Crippen molar-refractivity contribution in [3.63, 3.8) is 0 Å². The summed E-state index contributed by atoms with van der Waals surface area (Å²) in [5.74, 6) is 0. The highest BCUT2D eigenvalue weighted by atomic mass is 31.1. The Kier molecular flexibility index (Phi) is 13.1. The minimum Gasteiger partial charge on any atom is -0.310 e. The molecular formula is C77H63N2P. The van der Waals surface area contributed by atoms with Gasteiger partial charge < -0.3 is 9.80 Å². The van der Waals surface area contributed by atoms with Crippen molar-refractivity contribution >= 4 is 80.9 Å². The van der Waals surface area contributed by atoms with Gasteiger partial charge in [0, 0.05) is 55.2 Å². The number of allylic oxidation sites excluding steroid dienone is 6. The molecule has 0 amide bonds. The Morgan fingerprint density at radius 1 is 0.425 bits per heavy atom. The molecule has 3 heteroatoms. The van der Waals surface area contributed by atoms with E-state index in [2.05, 4.69) is 323 Å². The standard InChI is InChI=1S/C77H63N2P/c1-6-22-54(47-59-51-58-40-41-64(52-71(58)76(59,2)3)78(60-23-12-7-13-24-60)61-25-14-8-15-26-61)33-34-55-38-45-74-69(48-55)70-49-56(39-46-75(70)80(74)66-31-20-11-21-32-66)35-36-57-37-43-67-68-44-42-65(53-73(68)77(4,5)72(67)50-57)79(62-27-16-9-17-28-62)63-29-18-10-19-30-63/h6-50,52-53H,1,51H2,2-5H3/b34-33+,36-35+,54-22-,59-47+. The molecule has 80 heavy (non-hydrogen) atoms. The quantitative estimate of drug-likeness (QED) is 0.0839. The van der Waals surface area contributed by atoms with Gasteiger partial charge in [0.2, 0.25) is 0 Å². The van der Waals surface area contributed by atoms with Gasteiger partial charge in [0.1, 0.15) is 0 Å². The van der Waals surface area contributed by atoms with E-state index in [-0.39, 0.29) is 10.8 Å². The highest BCUT2D eigenvalue weighted by Crippen LogP contribution is 2.56. The summed E-state index contributed by atoms with van der Waals surface area (Å²) in [5, 5.41) is 6.83. The molecular weight excluding hydrogens is 984 g/mol. The third kappa shape index (κ3) is 9.26. The lowest BCUT2D eigenvalue weighted by molar-refractivity contribution is 0.643. The number of benzene rings is 10. The molecule has 0 saturated carbocycles. The summed E-state index contributed by atoms with van der Waals surface area (Å²) in [5.41, 5.74) is 20.7. The molecule has 0 fully saturated rings. The van der Waals surface area contributed by atoms with Crippen molar-refractivity contribution in [3.05, 3.63) is 324 Å². The lowest BCUT2D eigenvalue weighted by Gasteiger charge is -2.28. The first-order valence-corrected chi connectivity index (χ1v) is 29.2. The van der Waals surface area contributed by atoms with Crippen LogP contribution in [-0.2, 0) is 17.3 Å². The van der Waals surface area contributed by atoms with Crippen LogP contribution >= 0.6 is 7.53 Å². The van der Waals surface area contributed by atoms with Crippen molar-refractivity contribution in [2.75, 3.05) is 9.80 Å². The molecule has 0 radical (unpaired) electrons. The lowest BCUT2D eigenvalue weighted by atomic mass is 9.81. The van der Waals surface area contributed by atoms with Gasteiger partial charge in [0.05, 0.1) is 0 Å². The van der Waals surface area contributed by atoms with Crippen LogP contribution in [0.1, 0.15) is 66.6 Å². The summed E-state index contributed by atoms with van der Waals surface area (Å²) in [4.78, 5) is 4.72. The molecule has 2 aliphatic carbocycles. The first-order chi connectivity index (χ1) is 39.1. The van der Waals surface area contributed by atoms with Gasteiger partial charge in [0.25, 0.3) is 0 Å². The number of para-hydroxylation sites is 4. The monoisotopic (exact) mass is 1050 g/mol. The molecule has 2 nitrogen and oxygen atoms in total. The molecule has 0 bridgehead atoms. The molecule has 386 valence electrons. The first-order valence-electron chi connectivity index (χ1n) is 27.9. The van der Waals surface area contributed by atoms with Gasteiger partial charge in [-0.15, -0.1) is 0 Å². The topological polar surface area (TPSA) is 6.48 Å². The number of nitrogens with zero attached hydrogens (tertiary/aromatic N) is 2. The van der Waals surface area contributed by atoms with Gasteiger partial charge in [-0.05, 0) is 175 Å². The predicted molar refractivity (Wildman–Crippen MR) is 346 cm³/mol. The van der Waals surface area contributed by atoms with Crippen LogP contribution in [0, 0.1) is 0 Å². The fourth-order valence-corrected chi connectivity index (χ4v) is 15.0. The zero-order chi connectivity index (χ0) is 54.4. The third-order valence-corrected chi connectivity index (χ3v) is 19.2. The average Bonchev–Trinajstić information content (AvgIpc) is 4.28. The van der Waals surface area contributed by atoms with Crippen LogP contribution in [-0.4, -0.2) is 0 Å². The summed E-state index contributed by atoms with van der Waals surface area (Å²) < 4.78 is 0. The van der Waals surface area contributed by atoms with Crippen molar-refractivity contribution in [2.45, 2.75) is 44.9 Å². The lowest BCUT2D eigenvalue weighted by Crippen LogP contribution is -2.17. The molecule has 0 N–H and O–H groups in total. The van der Waals surface area contributed by atoms with E-state index < -0.39 is 7.53 Å². The summed E-state index contributed by atoms with van der Waals surface area (Å²) >= 11 is 0. The van der Waals surface area contributed by atoms with E-state index in [1.165, 1.54) is 82.0 Å². The normalized spacial score (nSPS) is 14.9. The first kappa shape index (κ1) is 50.3. The average molecular weight is 1050 g/mol. The van der Waals surface area contributed by atoms with E-state index in [9.17, 15) is 0 Å². The molecule has 1 atom stereocenters. The third-order valence-electron chi connectivity index (χ3n) is 16.6. The van der Waals surface area contributed by atoms with Crippen LogP contribution in [0.5, 0.6) is 0 Å². The van der Waals surface area contributed by atoms with Gasteiger partial charge in [-0.25, -0.2) is 0 Å². The van der Waals surface area contributed by atoms with Crippen molar-refractivity contribution in [2.24, 2.45) is 0 Å². The Hall–Kier alpha value is -9.20. The zero-order valence-corrected chi connectivity index (χ0v) is 46.8. The maximum Gasteiger partial charge on any atom is 0.0465 e.